The maximum absolute atomic E-state index is 14.6. The summed E-state index contributed by atoms with van der Waals surface area (Å²) in [5.74, 6) is 1.03. The van der Waals surface area contributed by atoms with E-state index in [2.05, 4.69) is 40.7 Å². The summed E-state index contributed by atoms with van der Waals surface area (Å²) in [5, 5.41) is 0.450. The first-order chi connectivity index (χ1) is 19.0. The molecule has 0 N–H and O–H groups in total. The summed E-state index contributed by atoms with van der Waals surface area (Å²) in [4.78, 5) is 22.6. The van der Waals surface area contributed by atoms with Crippen LogP contribution in [0.5, 0.6) is 0 Å². The highest BCUT2D eigenvalue weighted by Gasteiger charge is 2.44. The molecular formula is C33H42ClFN4O. The van der Waals surface area contributed by atoms with Crippen LogP contribution >= 0.6 is 11.6 Å². The maximum Gasteiger partial charge on any atom is 0.227 e. The Hall–Kier alpha value is -2.44. The molecule has 2 bridgehead atoms. The summed E-state index contributed by atoms with van der Waals surface area (Å²) < 4.78 is 17.1. The maximum atomic E-state index is 14.6. The molecule has 2 aromatic carbocycles. The van der Waals surface area contributed by atoms with Gasteiger partial charge in [0.1, 0.15) is 11.6 Å². The van der Waals surface area contributed by atoms with Gasteiger partial charge in [-0.15, -0.1) is 0 Å². The zero-order valence-corrected chi connectivity index (χ0v) is 25.1. The van der Waals surface area contributed by atoms with Gasteiger partial charge in [0.25, 0.3) is 0 Å². The molecule has 4 heterocycles. The summed E-state index contributed by atoms with van der Waals surface area (Å²) in [6, 6.07) is 15.1. The molecule has 3 aromatic rings. The number of aromatic nitrogens is 2. The number of halogens is 2. The molecule has 3 aliphatic heterocycles. The fraction of sp³-hybridized carbons (Fsp3) is 0.576. The van der Waals surface area contributed by atoms with Gasteiger partial charge in [0.15, 0.2) is 0 Å². The lowest BCUT2D eigenvalue weighted by Crippen LogP contribution is -2.50. The smallest absolute Gasteiger partial charge is 0.227 e. The first-order valence-corrected chi connectivity index (χ1v) is 15.4. The summed E-state index contributed by atoms with van der Waals surface area (Å²) in [6.45, 7) is 10.5. The minimum atomic E-state index is -0.398. The lowest BCUT2D eigenvalue weighted by atomic mass is 9.70. The molecule has 0 spiro atoms. The van der Waals surface area contributed by atoms with E-state index in [0.717, 1.165) is 55.6 Å². The Balaban J connectivity index is 1.21. The second kappa shape index (κ2) is 10.4. The number of nitrogens with zero attached hydrogens (tertiary/aromatic N) is 4. The van der Waals surface area contributed by atoms with E-state index in [1.54, 1.807) is 6.07 Å². The Bertz CT molecular complexity index is 1370. The van der Waals surface area contributed by atoms with E-state index < -0.39 is 5.41 Å². The second-order valence-electron chi connectivity index (χ2n) is 13.5. The quantitative estimate of drug-likeness (QED) is 0.326. The van der Waals surface area contributed by atoms with E-state index in [1.165, 1.54) is 24.4 Å². The van der Waals surface area contributed by atoms with Gasteiger partial charge >= 0.3 is 0 Å². The molecule has 40 heavy (non-hydrogen) atoms. The van der Waals surface area contributed by atoms with Crippen molar-refractivity contribution < 1.29 is 9.18 Å². The summed E-state index contributed by atoms with van der Waals surface area (Å²) >= 11 is 6.37. The molecule has 0 radical (unpaired) electrons. The van der Waals surface area contributed by atoms with Crippen LogP contribution in [0.3, 0.4) is 0 Å². The Morgan fingerprint density at radius 3 is 2.38 bits per heavy atom. The van der Waals surface area contributed by atoms with Crippen LogP contribution in [0.4, 0.5) is 4.39 Å². The minimum absolute atomic E-state index is 0.187. The lowest BCUT2D eigenvalue weighted by molar-refractivity contribution is -0.141. The third-order valence-corrected chi connectivity index (χ3v) is 10.2. The third kappa shape index (κ3) is 5.07. The molecule has 6 rings (SSSR count). The molecule has 3 fully saturated rings. The number of carbonyl (C=O) groups is 1. The molecular weight excluding hydrogens is 523 g/mol. The first-order valence-electron chi connectivity index (χ1n) is 15.0. The first kappa shape index (κ1) is 27.7. The predicted molar refractivity (Wildman–Crippen MR) is 159 cm³/mol. The van der Waals surface area contributed by atoms with Crippen LogP contribution < -0.4 is 0 Å². The number of imidazole rings is 1. The van der Waals surface area contributed by atoms with Crippen molar-refractivity contribution in [3.8, 4) is 0 Å². The molecule has 1 unspecified atom stereocenters. The Labute approximate surface area is 242 Å². The highest BCUT2D eigenvalue weighted by molar-refractivity contribution is 6.30. The number of rotatable bonds is 5. The molecule has 7 heteroatoms. The Morgan fingerprint density at radius 1 is 1.05 bits per heavy atom. The minimum Gasteiger partial charge on any atom is -0.342 e. The molecule has 0 saturated carbocycles. The number of hydrogen-bond donors (Lipinski definition) is 0. The molecule has 1 amide bonds. The third-order valence-electron chi connectivity index (χ3n) is 9.97. The van der Waals surface area contributed by atoms with Crippen molar-refractivity contribution in [2.24, 2.45) is 5.41 Å². The number of carbonyl (C=O) groups excluding carboxylic acids is 1. The topological polar surface area (TPSA) is 41.4 Å². The van der Waals surface area contributed by atoms with Gasteiger partial charge < -0.3 is 9.47 Å². The lowest BCUT2D eigenvalue weighted by Gasteiger charge is -2.46. The Kier molecular flexibility index (Phi) is 7.23. The average Bonchev–Trinajstić information content (AvgIpc) is 3.36. The second-order valence-corrected chi connectivity index (χ2v) is 13.9. The molecule has 5 nitrogen and oxygen atoms in total. The van der Waals surface area contributed by atoms with E-state index in [9.17, 15) is 9.18 Å². The van der Waals surface area contributed by atoms with Crippen molar-refractivity contribution in [3.63, 3.8) is 0 Å². The van der Waals surface area contributed by atoms with E-state index in [-0.39, 0.29) is 17.1 Å². The van der Waals surface area contributed by atoms with Crippen molar-refractivity contribution in [1.82, 2.24) is 19.4 Å². The highest BCUT2D eigenvalue weighted by Crippen LogP contribution is 2.45. The monoisotopic (exact) mass is 564 g/mol. The van der Waals surface area contributed by atoms with E-state index in [4.69, 9.17) is 16.6 Å². The summed E-state index contributed by atoms with van der Waals surface area (Å²) in [7, 11) is 0. The van der Waals surface area contributed by atoms with E-state index >= 15 is 0 Å². The van der Waals surface area contributed by atoms with Gasteiger partial charge in [-0.3, -0.25) is 9.69 Å². The number of para-hydroxylation sites is 2. The van der Waals surface area contributed by atoms with Gasteiger partial charge in [0.05, 0.1) is 11.0 Å². The van der Waals surface area contributed by atoms with Crippen molar-refractivity contribution in [2.45, 2.75) is 96.2 Å². The van der Waals surface area contributed by atoms with Crippen LogP contribution in [0.15, 0.2) is 42.5 Å². The SMILES string of the molecule is Cc1nc2ccccc2n1C1C[C@H]2CC[C@@H](C1)N2CCC1(c2cc(F)cc(Cl)c2)CCN(C(=O)C(C)(C)C)CC1. The zero-order chi connectivity index (χ0) is 28.2. The van der Waals surface area contributed by atoms with Crippen LogP contribution in [0.2, 0.25) is 5.02 Å². The number of benzene rings is 2. The molecule has 0 aliphatic carbocycles. The van der Waals surface area contributed by atoms with Gasteiger partial charge in [-0.05, 0) is 94.3 Å². The van der Waals surface area contributed by atoms with E-state index in [1.807, 2.05) is 31.7 Å². The van der Waals surface area contributed by atoms with E-state index in [0.29, 0.717) is 36.2 Å². The van der Waals surface area contributed by atoms with Crippen LogP contribution in [0.1, 0.15) is 83.1 Å². The predicted octanol–water partition coefficient (Wildman–Crippen LogP) is 7.30. The standard InChI is InChI=1S/C33H42ClFN4O/c1-22-36-29-7-5-6-8-30(29)39(22)28-20-26-9-10-27(21-28)38(26)16-13-33(23-17-24(34)19-25(35)18-23)11-14-37(15-12-33)31(40)32(2,3)4/h5-8,17-19,26-28H,9-16,20-21H2,1-4H3/t26-,27+,28?. The number of fused-ring (bicyclic) bond motifs is 3. The number of aryl methyl sites for hydroxylation is 1. The van der Waals surface area contributed by atoms with Crippen LogP contribution in [0, 0.1) is 18.2 Å². The number of piperidine rings is 2. The zero-order valence-electron chi connectivity index (χ0n) is 24.3. The summed E-state index contributed by atoms with van der Waals surface area (Å²) in [5.41, 5.74) is 2.74. The van der Waals surface area contributed by atoms with Gasteiger partial charge in [0.2, 0.25) is 5.91 Å². The van der Waals surface area contributed by atoms with Gasteiger partial charge in [-0.1, -0.05) is 44.5 Å². The molecule has 3 aliphatic rings. The van der Waals surface area contributed by atoms with Crippen LogP contribution in [0.25, 0.3) is 11.0 Å². The van der Waals surface area contributed by atoms with Gasteiger partial charge in [-0.25, -0.2) is 9.37 Å². The van der Waals surface area contributed by atoms with Crippen LogP contribution in [-0.2, 0) is 10.2 Å². The molecule has 1 aromatic heterocycles. The highest BCUT2D eigenvalue weighted by atomic mass is 35.5. The molecule has 214 valence electrons. The molecule has 3 atom stereocenters. The number of amides is 1. The fourth-order valence-electron chi connectivity index (χ4n) is 7.95. The van der Waals surface area contributed by atoms with Crippen molar-refractivity contribution in [3.05, 3.63) is 64.7 Å². The summed E-state index contributed by atoms with van der Waals surface area (Å²) in [6.07, 6.45) is 7.38. The van der Waals surface area contributed by atoms with Gasteiger partial charge in [0, 0.05) is 47.1 Å². The molecule has 3 saturated heterocycles. The largest absolute Gasteiger partial charge is 0.342 e. The van der Waals surface area contributed by atoms with Crippen molar-refractivity contribution >= 4 is 28.5 Å². The number of hydrogen-bond acceptors (Lipinski definition) is 3. The Morgan fingerprint density at radius 2 is 1.73 bits per heavy atom. The van der Waals surface area contributed by atoms with Crippen molar-refractivity contribution in [1.29, 1.82) is 0 Å². The number of likely N-dealkylation sites (tertiary alicyclic amines) is 1. The fourth-order valence-corrected chi connectivity index (χ4v) is 8.17. The normalized spacial score (nSPS) is 25.1. The average molecular weight is 565 g/mol. The van der Waals surface area contributed by atoms with Gasteiger partial charge in [-0.2, -0.15) is 0 Å². The van der Waals surface area contributed by atoms with Crippen molar-refractivity contribution in [2.75, 3.05) is 19.6 Å². The van der Waals surface area contributed by atoms with Crippen LogP contribution in [-0.4, -0.2) is 57.0 Å².